The Morgan fingerprint density at radius 2 is 1.76 bits per heavy atom. The van der Waals surface area contributed by atoms with Crippen molar-refractivity contribution in [1.29, 1.82) is 0 Å². The lowest BCUT2D eigenvalue weighted by atomic mass is 9.94. The molecule has 0 radical (unpaired) electrons. The predicted octanol–water partition coefficient (Wildman–Crippen LogP) is 3.26. The van der Waals surface area contributed by atoms with Crippen molar-refractivity contribution in [2.45, 2.75) is 46.2 Å². The molecule has 0 aliphatic heterocycles. The molecule has 0 saturated carbocycles. The van der Waals surface area contributed by atoms with E-state index in [1.54, 1.807) is 7.11 Å². The Bertz CT molecular complexity index is 335. The van der Waals surface area contributed by atoms with Crippen LogP contribution in [0.2, 0.25) is 0 Å². The second kappa shape index (κ2) is 6.65. The molecule has 0 aliphatic carbocycles. The highest BCUT2D eigenvalue weighted by Crippen LogP contribution is 2.22. The molecule has 0 fully saturated rings. The van der Waals surface area contributed by atoms with Crippen LogP contribution in [0.1, 0.15) is 33.3 Å². The van der Waals surface area contributed by atoms with Gasteiger partial charge >= 0.3 is 0 Å². The molecular weight excluding hydrogens is 210 g/mol. The van der Waals surface area contributed by atoms with Crippen molar-refractivity contribution in [1.82, 2.24) is 5.32 Å². The van der Waals surface area contributed by atoms with Gasteiger partial charge < -0.3 is 10.1 Å². The lowest BCUT2D eigenvalue weighted by Crippen LogP contribution is -2.37. The van der Waals surface area contributed by atoms with E-state index in [4.69, 9.17) is 4.74 Å². The highest BCUT2D eigenvalue weighted by molar-refractivity contribution is 5.33. The van der Waals surface area contributed by atoms with Crippen LogP contribution in [0.4, 0.5) is 0 Å². The van der Waals surface area contributed by atoms with Crippen molar-refractivity contribution < 1.29 is 4.74 Å². The van der Waals surface area contributed by atoms with E-state index in [0.717, 1.165) is 12.2 Å². The average molecular weight is 235 g/mol. The standard InChI is InChI=1S/C15H25NO/c1-11(2)16-13(4)12(3)10-14-8-6-7-9-15(14)17-5/h6-9,11-13,16H,10H2,1-5H3. The van der Waals surface area contributed by atoms with Crippen molar-refractivity contribution in [3.63, 3.8) is 0 Å². The van der Waals surface area contributed by atoms with Gasteiger partial charge in [0.25, 0.3) is 0 Å². The van der Waals surface area contributed by atoms with Gasteiger partial charge in [0.1, 0.15) is 5.75 Å². The summed E-state index contributed by atoms with van der Waals surface area (Å²) in [7, 11) is 1.74. The van der Waals surface area contributed by atoms with Gasteiger partial charge in [0.2, 0.25) is 0 Å². The molecule has 0 aromatic heterocycles. The van der Waals surface area contributed by atoms with Crippen molar-refractivity contribution in [2.24, 2.45) is 5.92 Å². The summed E-state index contributed by atoms with van der Waals surface area (Å²) in [4.78, 5) is 0. The van der Waals surface area contributed by atoms with Crippen molar-refractivity contribution in [3.05, 3.63) is 29.8 Å². The third kappa shape index (κ3) is 4.39. The van der Waals surface area contributed by atoms with E-state index in [1.807, 2.05) is 12.1 Å². The molecule has 2 heteroatoms. The molecule has 2 unspecified atom stereocenters. The van der Waals surface area contributed by atoms with Crippen LogP contribution in [0, 0.1) is 5.92 Å². The largest absolute Gasteiger partial charge is 0.496 e. The fourth-order valence-electron chi connectivity index (χ4n) is 2.09. The lowest BCUT2D eigenvalue weighted by molar-refractivity contribution is 0.362. The van der Waals surface area contributed by atoms with Crippen molar-refractivity contribution in [2.75, 3.05) is 7.11 Å². The number of nitrogens with one attached hydrogen (secondary N) is 1. The predicted molar refractivity (Wildman–Crippen MR) is 73.6 cm³/mol. The maximum absolute atomic E-state index is 5.39. The van der Waals surface area contributed by atoms with Gasteiger partial charge in [-0.3, -0.25) is 0 Å². The first-order chi connectivity index (χ1) is 8.04. The molecule has 0 amide bonds. The topological polar surface area (TPSA) is 21.3 Å². The second-order valence-corrected chi connectivity index (χ2v) is 5.10. The van der Waals surface area contributed by atoms with Gasteiger partial charge in [-0.25, -0.2) is 0 Å². The third-order valence-corrected chi connectivity index (χ3v) is 3.18. The number of benzene rings is 1. The van der Waals surface area contributed by atoms with E-state index in [2.05, 4.69) is 45.1 Å². The summed E-state index contributed by atoms with van der Waals surface area (Å²) in [5.74, 6) is 1.59. The maximum Gasteiger partial charge on any atom is 0.122 e. The van der Waals surface area contributed by atoms with E-state index < -0.39 is 0 Å². The molecule has 0 saturated heterocycles. The zero-order chi connectivity index (χ0) is 12.8. The molecule has 0 bridgehead atoms. The first kappa shape index (κ1) is 14.0. The minimum absolute atomic E-state index is 0.514. The molecule has 1 aromatic rings. The van der Waals surface area contributed by atoms with E-state index in [1.165, 1.54) is 5.56 Å². The first-order valence-corrected chi connectivity index (χ1v) is 6.42. The van der Waals surface area contributed by atoms with E-state index in [9.17, 15) is 0 Å². The summed E-state index contributed by atoms with van der Waals surface area (Å²) in [6, 6.07) is 9.32. The Balaban J connectivity index is 2.63. The second-order valence-electron chi connectivity index (χ2n) is 5.10. The zero-order valence-corrected chi connectivity index (χ0v) is 11.7. The quantitative estimate of drug-likeness (QED) is 0.817. The molecular formula is C15H25NO. The molecule has 0 heterocycles. The van der Waals surface area contributed by atoms with Crippen LogP contribution in [0.3, 0.4) is 0 Å². The van der Waals surface area contributed by atoms with E-state index in [0.29, 0.717) is 18.0 Å². The molecule has 1 rings (SSSR count). The summed E-state index contributed by atoms with van der Waals surface area (Å²) in [5.41, 5.74) is 1.29. The minimum Gasteiger partial charge on any atom is -0.496 e. The molecule has 0 aliphatic rings. The minimum atomic E-state index is 0.514. The van der Waals surface area contributed by atoms with Gasteiger partial charge in [0, 0.05) is 12.1 Å². The van der Waals surface area contributed by atoms with Crippen LogP contribution in [0.25, 0.3) is 0 Å². The van der Waals surface area contributed by atoms with E-state index >= 15 is 0 Å². The highest BCUT2D eigenvalue weighted by atomic mass is 16.5. The number of rotatable bonds is 6. The van der Waals surface area contributed by atoms with Gasteiger partial charge in [-0.05, 0) is 30.9 Å². The van der Waals surface area contributed by atoms with Gasteiger partial charge in [0.05, 0.1) is 7.11 Å². The Morgan fingerprint density at radius 1 is 1.12 bits per heavy atom. The van der Waals surface area contributed by atoms with Crippen LogP contribution in [0.15, 0.2) is 24.3 Å². The van der Waals surface area contributed by atoms with Gasteiger partial charge in [-0.15, -0.1) is 0 Å². The molecule has 1 N–H and O–H groups in total. The third-order valence-electron chi connectivity index (χ3n) is 3.18. The highest BCUT2D eigenvalue weighted by Gasteiger charge is 2.15. The van der Waals surface area contributed by atoms with Crippen LogP contribution in [-0.4, -0.2) is 19.2 Å². The molecule has 0 spiro atoms. The molecule has 2 nitrogen and oxygen atoms in total. The number of hydrogen-bond acceptors (Lipinski definition) is 2. The van der Waals surface area contributed by atoms with Gasteiger partial charge in [-0.1, -0.05) is 39.0 Å². The fraction of sp³-hybridized carbons (Fsp3) is 0.600. The average Bonchev–Trinajstić information content (AvgIpc) is 2.28. The summed E-state index contributed by atoms with van der Waals surface area (Å²) >= 11 is 0. The number of methoxy groups -OCH3 is 1. The molecule has 17 heavy (non-hydrogen) atoms. The molecule has 96 valence electrons. The fourth-order valence-corrected chi connectivity index (χ4v) is 2.09. The Labute approximate surface area is 105 Å². The van der Waals surface area contributed by atoms with Gasteiger partial charge in [0.15, 0.2) is 0 Å². The number of ether oxygens (including phenoxy) is 1. The Hall–Kier alpha value is -1.02. The van der Waals surface area contributed by atoms with E-state index in [-0.39, 0.29) is 0 Å². The van der Waals surface area contributed by atoms with Crippen molar-refractivity contribution in [3.8, 4) is 5.75 Å². The van der Waals surface area contributed by atoms with Crippen LogP contribution in [0.5, 0.6) is 5.75 Å². The lowest BCUT2D eigenvalue weighted by Gasteiger charge is -2.24. The van der Waals surface area contributed by atoms with Gasteiger partial charge in [-0.2, -0.15) is 0 Å². The van der Waals surface area contributed by atoms with Crippen LogP contribution < -0.4 is 10.1 Å². The monoisotopic (exact) mass is 235 g/mol. The summed E-state index contributed by atoms with van der Waals surface area (Å²) in [5, 5.41) is 3.56. The molecule has 2 atom stereocenters. The van der Waals surface area contributed by atoms with Crippen LogP contribution >= 0.6 is 0 Å². The summed E-state index contributed by atoms with van der Waals surface area (Å²) in [6.07, 6.45) is 1.05. The number of hydrogen-bond donors (Lipinski definition) is 1. The SMILES string of the molecule is COc1ccccc1CC(C)C(C)NC(C)C. The smallest absolute Gasteiger partial charge is 0.122 e. The normalized spacial score (nSPS) is 14.7. The first-order valence-electron chi connectivity index (χ1n) is 6.42. The number of para-hydroxylation sites is 1. The Kier molecular flexibility index (Phi) is 5.49. The van der Waals surface area contributed by atoms with Crippen LogP contribution in [-0.2, 0) is 6.42 Å². The summed E-state index contributed by atoms with van der Waals surface area (Å²) in [6.45, 7) is 8.91. The Morgan fingerprint density at radius 3 is 2.35 bits per heavy atom. The summed E-state index contributed by atoms with van der Waals surface area (Å²) < 4.78 is 5.39. The van der Waals surface area contributed by atoms with Crippen molar-refractivity contribution >= 4 is 0 Å². The molecule has 1 aromatic carbocycles. The maximum atomic E-state index is 5.39. The zero-order valence-electron chi connectivity index (χ0n) is 11.7.